The lowest BCUT2D eigenvalue weighted by Gasteiger charge is -2.18. The monoisotopic (exact) mass is 336 g/mol. The van der Waals surface area contributed by atoms with Crippen LogP contribution in [0.15, 0.2) is 48.5 Å². The fourth-order valence-corrected chi connectivity index (χ4v) is 2.24. The van der Waals surface area contributed by atoms with E-state index in [1.165, 1.54) is 6.07 Å². The van der Waals surface area contributed by atoms with Gasteiger partial charge in [-0.25, -0.2) is 4.39 Å². The molecule has 2 atom stereocenters. The summed E-state index contributed by atoms with van der Waals surface area (Å²) in [6, 6.07) is 13.7. The standard InChI is InChI=1S/C18H21FN2O.ClH/c1-12-8-9-15(11-16(12)19)13(2)21-18(22)17(20)10-14-6-4-3-5-7-14;/h3-9,11,13,17H,10,20H2,1-2H3,(H,21,22);1H/t13?,17-;/m0./s1. The van der Waals surface area contributed by atoms with Crippen LogP contribution >= 0.6 is 12.4 Å². The topological polar surface area (TPSA) is 55.1 Å². The minimum absolute atomic E-state index is 0. The molecule has 3 N–H and O–H groups in total. The maximum absolute atomic E-state index is 13.6. The molecule has 0 aromatic heterocycles. The third kappa shape index (κ3) is 5.34. The molecule has 0 saturated carbocycles. The molecule has 0 bridgehead atoms. The second kappa shape index (κ2) is 8.65. The Morgan fingerprint density at radius 1 is 1.22 bits per heavy atom. The summed E-state index contributed by atoms with van der Waals surface area (Å²) in [7, 11) is 0. The SMILES string of the molecule is Cc1ccc(C(C)NC(=O)[C@@H](N)Cc2ccccc2)cc1F.Cl. The Kier molecular flexibility index (Phi) is 7.20. The van der Waals surface area contributed by atoms with Crippen LogP contribution < -0.4 is 11.1 Å². The van der Waals surface area contributed by atoms with Gasteiger partial charge in [0.05, 0.1) is 12.1 Å². The molecule has 124 valence electrons. The summed E-state index contributed by atoms with van der Waals surface area (Å²) >= 11 is 0. The Bertz CT molecular complexity index is 649. The Labute approximate surface area is 142 Å². The highest BCUT2D eigenvalue weighted by Gasteiger charge is 2.17. The van der Waals surface area contributed by atoms with E-state index < -0.39 is 6.04 Å². The Hall–Kier alpha value is -1.91. The molecule has 0 radical (unpaired) electrons. The normalized spacial score (nSPS) is 12.9. The van der Waals surface area contributed by atoms with Gasteiger partial charge in [-0.15, -0.1) is 12.4 Å². The van der Waals surface area contributed by atoms with Gasteiger partial charge in [0.25, 0.3) is 0 Å². The summed E-state index contributed by atoms with van der Waals surface area (Å²) in [6.45, 7) is 3.52. The smallest absolute Gasteiger partial charge is 0.237 e. The molecular weight excluding hydrogens is 315 g/mol. The molecule has 1 amide bonds. The Morgan fingerprint density at radius 2 is 1.87 bits per heavy atom. The van der Waals surface area contributed by atoms with E-state index in [-0.39, 0.29) is 30.2 Å². The van der Waals surface area contributed by atoms with Crippen LogP contribution in [-0.2, 0) is 11.2 Å². The van der Waals surface area contributed by atoms with Gasteiger partial charge in [-0.1, -0.05) is 42.5 Å². The highest BCUT2D eigenvalue weighted by Crippen LogP contribution is 2.16. The molecule has 23 heavy (non-hydrogen) atoms. The number of halogens is 2. The van der Waals surface area contributed by atoms with Crippen molar-refractivity contribution in [2.45, 2.75) is 32.4 Å². The molecule has 2 aromatic carbocycles. The zero-order chi connectivity index (χ0) is 16.1. The molecule has 2 rings (SSSR count). The fraction of sp³-hybridized carbons (Fsp3) is 0.278. The number of hydrogen-bond donors (Lipinski definition) is 2. The predicted molar refractivity (Wildman–Crippen MR) is 93.1 cm³/mol. The number of aryl methyl sites for hydroxylation is 1. The van der Waals surface area contributed by atoms with Crippen LogP contribution in [0, 0.1) is 12.7 Å². The van der Waals surface area contributed by atoms with Crippen LogP contribution in [0.2, 0.25) is 0 Å². The van der Waals surface area contributed by atoms with Gasteiger partial charge in [-0.2, -0.15) is 0 Å². The number of rotatable bonds is 5. The first-order valence-corrected chi connectivity index (χ1v) is 7.33. The molecule has 3 nitrogen and oxygen atoms in total. The minimum atomic E-state index is -0.625. The Balaban J connectivity index is 0.00000264. The average molecular weight is 337 g/mol. The van der Waals surface area contributed by atoms with Gasteiger partial charge in [0.2, 0.25) is 5.91 Å². The van der Waals surface area contributed by atoms with Gasteiger partial charge in [-0.3, -0.25) is 4.79 Å². The second-order valence-corrected chi connectivity index (χ2v) is 5.54. The summed E-state index contributed by atoms with van der Waals surface area (Å²) < 4.78 is 13.6. The molecular formula is C18H22ClFN2O. The first-order valence-electron chi connectivity index (χ1n) is 7.33. The minimum Gasteiger partial charge on any atom is -0.348 e. The highest BCUT2D eigenvalue weighted by atomic mass is 35.5. The van der Waals surface area contributed by atoms with Crippen LogP contribution in [0.5, 0.6) is 0 Å². The number of carbonyl (C=O) groups excluding carboxylic acids is 1. The van der Waals surface area contributed by atoms with Crippen LogP contribution in [0.4, 0.5) is 4.39 Å². The first-order chi connectivity index (χ1) is 10.5. The maximum Gasteiger partial charge on any atom is 0.237 e. The molecule has 0 heterocycles. The van der Waals surface area contributed by atoms with E-state index in [2.05, 4.69) is 5.32 Å². The van der Waals surface area contributed by atoms with Crippen molar-refractivity contribution >= 4 is 18.3 Å². The van der Waals surface area contributed by atoms with Crippen molar-refractivity contribution in [3.8, 4) is 0 Å². The molecule has 0 fully saturated rings. The lowest BCUT2D eigenvalue weighted by Crippen LogP contribution is -2.43. The summed E-state index contributed by atoms with van der Waals surface area (Å²) in [5, 5.41) is 2.83. The van der Waals surface area contributed by atoms with E-state index in [4.69, 9.17) is 5.73 Å². The molecule has 5 heteroatoms. The van der Waals surface area contributed by atoms with E-state index in [0.717, 1.165) is 11.1 Å². The van der Waals surface area contributed by atoms with Crippen molar-refractivity contribution in [3.05, 3.63) is 71.0 Å². The predicted octanol–water partition coefficient (Wildman–Crippen LogP) is 3.30. The van der Waals surface area contributed by atoms with Crippen molar-refractivity contribution in [2.75, 3.05) is 0 Å². The second-order valence-electron chi connectivity index (χ2n) is 5.54. The zero-order valence-electron chi connectivity index (χ0n) is 13.3. The molecule has 0 saturated heterocycles. The van der Waals surface area contributed by atoms with Crippen LogP contribution in [0.3, 0.4) is 0 Å². The van der Waals surface area contributed by atoms with E-state index >= 15 is 0 Å². The van der Waals surface area contributed by atoms with Gasteiger partial charge >= 0.3 is 0 Å². The van der Waals surface area contributed by atoms with E-state index in [1.54, 1.807) is 13.0 Å². The highest BCUT2D eigenvalue weighted by molar-refractivity contribution is 5.85. The number of hydrogen-bond acceptors (Lipinski definition) is 2. The Morgan fingerprint density at radius 3 is 2.48 bits per heavy atom. The number of nitrogens with two attached hydrogens (primary N) is 1. The molecule has 0 aliphatic carbocycles. The van der Waals surface area contributed by atoms with Gasteiger partial charge in [0.1, 0.15) is 5.82 Å². The van der Waals surface area contributed by atoms with Gasteiger partial charge < -0.3 is 11.1 Å². The molecule has 0 aliphatic heterocycles. The maximum atomic E-state index is 13.6. The van der Waals surface area contributed by atoms with Crippen molar-refractivity contribution in [1.82, 2.24) is 5.32 Å². The fourth-order valence-electron chi connectivity index (χ4n) is 2.24. The van der Waals surface area contributed by atoms with E-state index in [1.807, 2.05) is 43.3 Å². The van der Waals surface area contributed by atoms with E-state index in [0.29, 0.717) is 12.0 Å². The summed E-state index contributed by atoms with van der Waals surface area (Å²) in [4.78, 5) is 12.2. The average Bonchev–Trinajstić information content (AvgIpc) is 2.50. The summed E-state index contributed by atoms with van der Waals surface area (Å²) in [6.07, 6.45) is 0.474. The van der Waals surface area contributed by atoms with Crippen molar-refractivity contribution in [2.24, 2.45) is 5.73 Å². The van der Waals surface area contributed by atoms with Crippen LogP contribution in [-0.4, -0.2) is 11.9 Å². The zero-order valence-corrected chi connectivity index (χ0v) is 14.1. The first kappa shape index (κ1) is 19.1. The lowest BCUT2D eigenvalue weighted by molar-refractivity contribution is -0.123. The largest absolute Gasteiger partial charge is 0.348 e. The molecule has 1 unspecified atom stereocenters. The quantitative estimate of drug-likeness (QED) is 0.880. The number of nitrogens with one attached hydrogen (secondary N) is 1. The molecule has 2 aromatic rings. The lowest BCUT2D eigenvalue weighted by atomic mass is 10.0. The number of benzene rings is 2. The van der Waals surface area contributed by atoms with Crippen molar-refractivity contribution < 1.29 is 9.18 Å². The van der Waals surface area contributed by atoms with Gasteiger partial charge in [0.15, 0.2) is 0 Å². The summed E-state index contributed by atoms with van der Waals surface area (Å²) in [5.41, 5.74) is 8.27. The third-order valence-corrected chi connectivity index (χ3v) is 3.69. The van der Waals surface area contributed by atoms with Crippen molar-refractivity contribution in [3.63, 3.8) is 0 Å². The summed E-state index contributed by atoms with van der Waals surface area (Å²) in [5.74, 6) is -0.510. The third-order valence-electron chi connectivity index (χ3n) is 3.69. The van der Waals surface area contributed by atoms with Gasteiger partial charge in [0, 0.05) is 0 Å². The molecule has 0 spiro atoms. The van der Waals surface area contributed by atoms with E-state index in [9.17, 15) is 9.18 Å². The number of carbonyl (C=O) groups is 1. The van der Waals surface area contributed by atoms with Crippen molar-refractivity contribution in [1.29, 1.82) is 0 Å². The van der Waals surface area contributed by atoms with Crippen LogP contribution in [0.1, 0.15) is 29.7 Å². The van der Waals surface area contributed by atoms with Crippen LogP contribution in [0.25, 0.3) is 0 Å². The number of amides is 1. The van der Waals surface area contributed by atoms with Gasteiger partial charge in [-0.05, 0) is 43.0 Å². The molecule has 0 aliphatic rings.